The summed E-state index contributed by atoms with van der Waals surface area (Å²) >= 11 is 3.66. The van der Waals surface area contributed by atoms with Crippen LogP contribution in [0.3, 0.4) is 0 Å². The van der Waals surface area contributed by atoms with Gasteiger partial charge in [-0.25, -0.2) is 0 Å². The Bertz CT molecular complexity index is 2120. The Balaban J connectivity index is 1.30. The van der Waals surface area contributed by atoms with Gasteiger partial charge in [0.1, 0.15) is 0 Å². The van der Waals surface area contributed by atoms with Gasteiger partial charge in [0.15, 0.2) is 11.5 Å². The molecule has 2 fully saturated rings. The summed E-state index contributed by atoms with van der Waals surface area (Å²) in [5, 5.41) is 25.9. The number of amides is 2. The molecule has 2 saturated heterocycles. The van der Waals surface area contributed by atoms with Crippen molar-refractivity contribution in [1.29, 1.82) is 0 Å². The van der Waals surface area contributed by atoms with E-state index in [1.807, 2.05) is 41.8 Å². The van der Waals surface area contributed by atoms with Crippen molar-refractivity contribution in [2.45, 2.75) is 83.8 Å². The molecule has 3 heterocycles. The van der Waals surface area contributed by atoms with Crippen LogP contribution >= 0.6 is 33.9 Å². The Morgan fingerprint density at radius 2 is 1.69 bits per heavy atom. The number of thiophene rings is 1. The lowest BCUT2D eigenvalue weighted by molar-refractivity contribution is -0.140. The second-order valence-corrected chi connectivity index (χ2v) is 23.3. The molecule has 58 heavy (non-hydrogen) atoms. The van der Waals surface area contributed by atoms with Crippen LogP contribution in [-0.2, 0) is 25.2 Å². The van der Waals surface area contributed by atoms with E-state index in [1.165, 1.54) is 20.8 Å². The predicted molar refractivity (Wildman–Crippen MR) is 243 cm³/mol. The summed E-state index contributed by atoms with van der Waals surface area (Å²) in [6.45, 7) is 9.47. The van der Waals surface area contributed by atoms with Gasteiger partial charge in [-0.1, -0.05) is 112 Å². The number of halogens is 1. The molecule has 304 valence electrons. The van der Waals surface area contributed by atoms with Gasteiger partial charge in [0.2, 0.25) is 11.8 Å². The van der Waals surface area contributed by atoms with E-state index in [1.54, 1.807) is 18.4 Å². The molecule has 2 aliphatic heterocycles. The van der Waals surface area contributed by atoms with Crippen LogP contribution in [0.4, 0.5) is 0 Å². The van der Waals surface area contributed by atoms with Crippen LogP contribution in [0.2, 0.25) is 11.4 Å². The van der Waals surface area contributed by atoms with Gasteiger partial charge in [-0.2, -0.15) is 0 Å². The number of hydrogen-bond donors (Lipinski definition) is 2. The molecule has 0 radical (unpaired) electrons. The van der Waals surface area contributed by atoms with Crippen molar-refractivity contribution in [2.75, 3.05) is 13.7 Å². The molecule has 1 aliphatic carbocycles. The van der Waals surface area contributed by atoms with Gasteiger partial charge >= 0.3 is 7.12 Å². The van der Waals surface area contributed by atoms with E-state index < -0.39 is 33.4 Å². The van der Waals surface area contributed by atoms with E-state index in [2.05, 4.69) is 105 Å². The summed E-state index contributed by atoms with van der Waals surface area (Å²) in [6.07, 6.45) is 5.40. The number of allylic oxidation sites excluding steroid dienone is 1. The number of rotatable bonds is 14. The molecule has 12 heteroatoms. The number of phenols is 1. The molecular weight excluding hydrogens is 876 g/mol. The molecule has 0 bridgehead atoms. The van der Waals surface area contributed by atoms with Crippen LogP contribution in [0.5, 0.6) is 11.5 Å². The lowest BCUT2D eigenvalue weighted by Gasteiger charge is -2.46. The maximum atomic E-state index is 14.4. The Kier molecular flexibility index (Phi) is 13.2. The fourth-order valence-electron chi connectivity index (χ4n) is 9.61. The fourth-order valence-corrected chi connectivity index (χ4v) is 15.5. The lowest BCUT2D eigenvalue weighted by Crippen LogP contribution is -2.66. The molecule has 8 nitrogen and oxygen atoms in total. The number of fused-ring (bicyclic) bond motifs is 3. The van der Waals surface area contributed by atoms with Crippen LogP contribution in [0, 0.1) is 21.3 Å². The number of benzene rings is 3. The van der Waals surface area contributed by atoms with Crippen molar-refractivity contribution in [3.8, 4) is 11.5 Å². The number of carbonyl (C=O) groups is 2. The van der Waals surface area contributed by atoms with E-state index in [4.69, 9.17) is 13.8 Å². The third kappa shape index (κ3) is 8.42. The first-order chi connectivity index (χ1) is 27.9. The predicted octanol–water partition coefficient (Wildman–Crippen LogP) is 8.60. The van der Waals surface area contributed by atoms with Crippen LogP contribution in [0.25, 0.3) is 6.08 Å². The smallest absolute Gasteiger partial charge is 0.455 e. The van der Waals surface area contributed by atoms with Gasteiger partial charge in [0.25, 0.3) is 8.32 Å². The highest BCUT2D eigenvalue weighted by Gasteiger charge is 2.58. The molecule has 3 aromatic carbocycles. The molecule has 1 aromatic heterocycles. The zero-order chi connectivity index (χ0) is 41.2. The van der Waals surface area contributed by atoms with Gasteiger partial charge in [-0.3, -0.25) is 14.5 Å². The second-order valence-electron chi connectivity index (χ2n) is 16.8. The molecule has 4 aromatic rings. The third-order valence-electron chi connectivity index (χ3n) is 12.1. The molecular formula is C46H53BINO7SSi. The van der Waals surface area contributed by atoms with Crippen molar-refractivity contribution in [3.63, 3.8) is 0 Å². The molecule has 0 spiro atoms. The molecule has 3 aliphatic rings. The monoisotopic (exact) mass is 929 g/mol. The normalized spacial score (nSPS) is 21.4. The molecule has 0 saturated carbocycles. The lowest BCUT2D eigenvalue weighted by atomic mass is 9.58. The number of carbonyl (C=O) groups excluding carboxylic acids is 2. The van der Waals surface area contributed by atoms with Crippen LogP contribution in [0.15, 0.2) is 107 Å². The molecule has 0 unspecified atom stereocenters. The Labute approximate surface area is 361 Å². The average molecular weight is 930 g/mol. The van der Waals surface area contributed by atoms with Crippen molar-refractivity contribution in [3.05, 3.63) is 121 Å². The number of likely N-dealkylation sites (tertiary alicyclic amines) is 1. The first kappa shape index (κ1) is 42.6. The van der Waals surface area contributed by atoms with E-state index >= 15 is 0 Å². The summed E-state index contributed by atoms with van der Waals surface area (Å²) in [6, 6.07) is 28.8. The fraction of sp³-hybridized carbons (Fsp3) is 0.391. The van der Waals surface area contributed by atoms with E-state index in [0.29, 0.717) is 28.6 Å². The van der Waals surface area contributed by atoms with E-state index in [9.17, 15) is 19.7 Å². The number of methoxy groups -OCH3 is 1. The minimum atomic E-state index is -2.98. The van der Waals surface area contributed by atoms with Crippen molar-refractivity contribution < 1.29 is 33.5 Å². The summed E-state index contributed by atoms with van der Waals surface area (Å²) in [7, 11) is -2.50. The van der Waals surface area contributed by atoms with Gasteiger partial charge in [-0.15, -0.1) is 11.3 Å². The third-order valence-corrected chi connectivity index (χ3v) is 18.8. The number of aromatic hydroxyl groups is 1. The van der Waals surface area contributed by atoms with Crippen molar-refractivity contribution in [2.24, 2.45) is 17.8 Å². The summed E-state index contributed by atoms with van der Waals surface area (Å²) in [4.78, 5) is 31.2. The maximum Gasteiger partial charge on any atom is 0.455 e. The highest BCUT2D eigenvalue weighted by Crippen LogP contribution is 2.51. The first-order valence-electron chi connectivity index (χ1n) is 20.3. The van der Waals surface area contributed by atoms with E-state index in [0.717, 1.165) is 34.4 Å². The standard InChI is InChI=1S/C46H53BINO7SSi/c1-6-14-30(23-31-24-38(48)43(50)40(25-31)54-5)20-21-39-41-32(29-55-58(46(2,3)4,34-16-9-7-10-17-34)35-18-11-8-12-19-35)26-36-42(37(41)27-47(53)56-39)45(52)49(44(36)51)28-33-15-13-22-57-33/h7-13,15-19,22-25,36-37,39,42,50,53H,6,14,20-21,26-29H2,1-5H3/b30-23+/t36-,37+,39-,42-/m1/s1. The van der Waals surface area contributed by atoms with Gasteiger partial charge in [0.05, 0.1) is 41.8 Å². The largest absolute Gasteiger partial charge is 0.504 e. The van der Waals surface area contributed by atoms with Gasteiger partial charge in [0, 0.05) is 4.88 Å². The zero-order valence-electron chi connectivity index (χ0n) is 34.0. The van der Waals surface area contributed by atoms with Crippen LogP contribution in [-0.4, -0.2) is 62.1 Å². The van der Waals surface area contributed by atoms with Crippen LogP contribution < -0.4 is 15.1 Å². The number of ether oxygens (including phenoxy) is 1. The maximum absolute atomic E-state index is 14.4. The average Bonchev–Trinajstić information content (AvgIpc) is 3.81. The quantitative estimate of drug-likeness (QED) is 0.0565. The molecule has 7 rings (SSSR count). The summed E-state index contributed by atoms with van der Waals surface area (Å²) in [5.41, 5.74) is 4.17. The number of imide groups is 1. The zero-order valence-corrected chi connectivity index (χ0v) is 37.9. The topological polar surface area (TPSA) is 106 Å². The Hall–Kier alpha value is -3.53. The molecule has 2 amide bonds. The molecule has 2 N–H and O–H groups in total. The molecule has 4 atom stereocenters. The van der Waals surface area contributed by atoms with Crippen molar-refractivity contribution >= 4 is 77.6 Å². The number of hydrogen-bond acceptors (Lipinski definition) is 8. The summed E-state index contributed by atoms with van der Waals surface area (Å²) < 4.78 is 20.2. The van der Waals surface area contributed by atoms with E-state index in [-0.39, 0.29) is 48.0 Å². The first-order valence-corrected chi connectivity index (χ1v) is 24.2. The highest BCUT2D eigenvalue weighted by molar-refractivity contribution is 14.1. The van der Waals surface area contributed by atoms with Gasteiger partial charge < -0.3 is 23.9 Å². The second kappa shape index (κ2) is 18.0. The Morgan fingerprint density at radius 1 is 1.00 bits per heavy atom. The number of nitrogens with zero attached hydrogens (tertiary/aromatic N) is 1. The van der Waals surface area contributed by atoms with Crippen LogP contribution in [0.1, 0.15) is 70.2 Å². The Morgan fingerprint density at radius 3 is 2.29 bits per heavy atom. The van der Waals surface area contributed by atoms with Crippen molar-refractivity contribution in [1.82, 2.24) is 4.90 Å². The minimum Gasteiger partial charge on any atom is -0.504 e. The number of phenolic OH excluding ortho intramolecular Hbond substituents is 1. The van der Waals surface area contributed by atoms with Gasteiger partial charge in [-0.05, 0) is 116 Å². The highest BCUT2D eigenvalue weighted by atomic mass is 127. The minimum absolute atomic E-state index is 0.122. The SMILES string of the molecule is CCC/C(=C\c1cc(I)c(O)c(OC)c1)CC[C@H]1OB(O)C[C@H]2C1=C(CO[Si](c1ccccc1)(c1ccccc1)C(C)(C)C)C[C@H]1C(=O)N(Cc3cccs3)C(=O)[C@H]12. The summed E-state index contributed by atoms with van der Waals surface area (Å²) in [5.74, 6) is -1.23.